The first-order chi connectivity index (χ1) is 8.67. The molecule has 2 nitrogen and oxygen atoms in total. The number of phenols is 2. The van der Waals surface area contributed by atoms with E-state index in [0.29, 0.717) is 11.5 Å². The fraction of sp³-hybridized carbons (Fsp3) is 0.250. The van der Waals surface area contributed by atoms with Gasteiger partial charge in [0.05, 0.1) is 0 Å². The van der Waals surface area contributed by atoms with Crippen molar-refractivity contribution < 1.29 is 10.2 Å². The summed E-state index contributed by atoms with van der Waals surface area (Å²) in [4.78, 5) is 0. The van der Waals surface area contributed by atoms with Crippen LogP contribution in [0.3, 0.4) is 0 Å². The Kier molecular flexibility index (Phi) is 5.78. The van der Waals surface area contributed by atoms with E-state index in [1.54, 1.807) is 18.2 Å². The average molecular weight is 244 g/mol. The molecule has 0 atom stereocenters. The molecule has 0 spiro atoms. The highest BCUT2D eigenvalue weighted by Gasteiger charge is 1.92. The van der Waals surface area contributed by atoms with Crippen LogP contribution < -0.4 is 0 Å². The number of para-hydroxylation sites is 1. The molecule has 0 aliphatic carbocycles. The highest BCUT2D eigenvalue weighted by atomic mass is 16.3. The first kappa shape index (κ1) is 14.1. The molecule has 0 aliphatic heterocycles. The molecule has 2 rings (SSSR count). The van der Waals surface area contributed by atoms with Crippen LogP contribution in [0.2, 0.25) is 0 Å². The molecular weight excluding hydrogens is 224 g/mol. The van der Waals surface area contributed by atoms with Gasteiger partial charge in [0.25, 0.3) is 0 Å². The molecule has 0 unspecified atom stereocenters. The summed E-state index contributed by atoms with van der Waals surface area (Å²) in [5, 5.41) is 18.1. The third kappa shape index (κ3) is 4.50. The zero-order chi connectivity index (χ0) is 13.4. The Hall–Kier alpha value is -1.96. The fourth-order valence-corrected chi connectivity index (χ4v) is 1.59. The van der Waals surface area contributed by atoms with E-state index >= 15 is 0 Å². The summed E-state index contributed by atoms with van der Waals surface area (Å²) in [7, 11) is 0. The lowest BCUT2D eigenvalue weighted by Gasteiger charge is -1.97. The largest absolute Gasteiger partial charge is 0.508 e. The molecule has 0 amide bonds. The normalized spacial score (nSPS) is 9.44. The van der Waals surface area contributed by atoms with E-state index < -0.39 is 0 Å². The van der Waals surface area contributed by atoms with Crippen molar-refractivity contribution in [1.82, 2.24) is 0 Å². The van der Waals surface area contributed by atoms with Gasteiger partial charge in [-0.25, -0.2) is 0 Å². The number of phenolic OH excluding ortho intramolecular Hbond substituents is 2. The lowest BCUT2D eigenvalue weighted by atomic mass is 10.1. The molecule has 18 heavy (non-hydrogen) atoms. The number of benzene rings is 2. The molecular formula is C16H20O2. The topological polar surface area (TPSA) is 40.5 Å². The van der Waals surface area contributed by atoms with Crippen molar-refractivity contribution in [3.8, 4) is 11.5 Å². The molecule has 2 N–H and O–H groups in total. The van der Waals surface area contributed by atoms with Crippen LogP contribution >= 0.6 is 0 Å². The van der Waals surface area contributed by atoms with Gasteiger partial charge in [-0.15, -0.1) is 0 Å². The van der Waals surface area contributed by atoms with Crippen LogP contribution in [-0.2, 0) is 12.8 Å². The maximum atomic E-state index is 9.11. The number of hydrogen-bond donors (Lipinski definition) is 2. The summed E-state index contributed by atoms with van der Waals surface area (Å²) in [6, 6.07) is 14.7. The van der Waals surface area contributed by atoms with E-state index in [1.807, 2.05) is 37.3 Å². The van der Waals surface area contributed by atoms with Crippen LogP contribution in [0.25, 0.3) is 0 Å². The Morgan fingerprint density at radius 1 is 0.833 bits per heavy atom. The van der Waals surface area contributed by atoms with Gasteiger partial charge in [-0.3, -0.25) is 0 Å². The second kappa shape index (κ2) is 7.38. The molecule has 0 saturated carbocycles. The van der Waals surface area contributed by atoms with Gasteiger partial charge in [0.1, 0.15) is 11.5 Å². The minimum Gasteiger partial charge on any atom is -0.508 e. The molecule has 0 bridgehead atoms. The monoisotopic (exact) mass is 244 g/mol. The third-order valence-electron chi connectivity index (χ3n) is 2.69. The first-order valence-electron chi connectivity index (χ1n) is 6.22. The highest BCUT2D eigenvalue weighted by Crippen LogP contribution is 2.14. The van der Waals surface area contributed by atoms with E-state index in [0.717, 1.165) is 18.4 Å². The summed E-state index contributed by atoms with van der Waals surface area (Å²) in [5.41, 5.74) is 2.19. The molecule has 0 saturated heterocycles. The standard InChI is InChI=1S/2C8H10O/c1-2-7-4-3-5-8(9)6-7;1-2-7-5-3-4-6-8(7)9/h2*3-6,9H,2H2,1H3. The lowest BCUT2D eigenvalue weighted by Crippen LogP contribution is -1.77. The minimum absolute atomic E-state index is 0.356. The minimum atomic E-state index is 0.356. The summed E-state index contributed by atoms with van der Waals surface area (Å²) < 4.78 is 0. The molecule has 0 fully saturated rings. The molecule has 0 heterocycles. The van der Waals surface area contributed by atoms with Crippen LogP contribution in [0.5, 0.6) is 11.5 Å². The zero-order valence-corrected chi connectivity index (χ0v) is 10.9. The zero-order valence-electron chi connectivity index (χ0n) is 10.9. The summed E-state index contributed by atoms with van der Waals surface area (Å²) in [6.07, 6.45) is 1.88. The summed E-state index contributed by atoms with van der Waals surface area (Å²) in [5.74, 6) is 0.759. The second-order valence-corrected chi connectivity index (χ2v) is 4.01. The Labute approximate surface area is 109 Å². The van der Waals surface area contributed by atoms with E-state index in [2.05, 4.69) is 6.92 Å². The van der Waals surface area contributed by atoms with Gasteiger partial charge in [-0.05, 0) is 42.2 Å². The maximum Gasteiger partial charge on any atom is 0.118 e. The molecule has 0 aromatic heterocycles. The smallest absolute Gasteiger partial charge is 0.118 e. The fourth-order valence-electron chi connectivity index (χ4n) is 1.59. The molecule has 2 heteroatoms. The number of rotatable bonds is 2. The van der Waals surface area contributed by atoms with Gasteiger partial charge in [-0.1, -0.05) is 44.2 Å². The van der Waals surface area contributed by atoms with Crippen LogP contribution in [-0.4, -0.2) is 10.2 Å². The van der Waals surface area contributed by atoms with Crippen molar-refractivity contribution in [1.29, 1.82) is 0 Å². The van der Waals surface area contributed by atoms with Gasteiger partial charge >= 0.3 is 0 Å². The number of hydrogen-bond acceptors (Lipinski definition) is 2. The Bertz CT molecular complexity index is 478. The van der Waals surface area contributed by atoms with E-state index in [1.165, 1.54) is 5.56 Å². The quantitative estimate of drug-likeness (QED) is 0.840. The van der Waals surface area contributed by atoms with Crippen molar-refractivity contribution in [2.75, 3.05) is 0 Å². The highest BCUT2D eigenvalue weighted by molar-refractivity contribution is 5.31. The van der Waals surface area contributed by atoms with Gasteiger partial charge in [0, 0.05) is 0 Å². The van der Waals surface area contributed by atoms with Crippen LogP contribution in [0.1, 0.15) is 25.0 Å². The van der Waals surface area contributed by atoms with Crippen molar-refractivity contribution in [2.45, 2.75) is 26.7 Å². The Balaban J connectivity index is 0.000000180. The molecule has 96 valence electrons. The second-order valence-electron chi connectivity index (χ2n) is 4.01. The van der Waals surface area contributed by atoms with Gasteiger partial charge in [0.15, 0.2) is 0 Å². The van der Waals surface area contributed by atoms with E-state index in [9.17, 15) is 0 Å². The third-order valence-corrected chi connectivity index (χ3v) is 2.69. The van der Waals surface area contributed by atoms with Gasteiger partial charge < -0.3 is 10.2 Å². The summed E-state index contributed by atoms with van der Waals surface area (Å²) in [6.45, 7) is 4.09. The van der Waals surface area contributed by atoms with E-state index in [4.69, 9.17) is 10.2 Å². The molecule has 2 aromatic rings. The molecule has 2 aromatic carbocycles. The van der Waals surface area contributed by atoms with Crippen LogP contribution in [0.15, 0.2) is 48.5 Å². The predicted octanol–water partition coefficient (Wildman–Crippen LogP) is 3.91. The SMILES string of the molecule is CCc1cccc(O)c1.CCc1ccccc1O. The number of aryl methyl sites for hydroxylation is 2. The van der Waals surface area contributed by atoms with Crippen molar-refractivity contribution in [3.63, 3.8) is 0 Å². The molecule has 0 radical (unpaired) electrons. The van der Waals surface area contributed by atoms with Crippen molar-refractivity contribution >= 4 is 0 Å². The Morgan fingerprint density at radius 2 is 1.56 bits per heavy atom. The van der Waals surface area contributed by atoms with Crippen LogP contribution in [0.4, 0.5) is 0 Å². The van der Waals surface area contributed by atoms with Crippen molar-refractivity contribution in [3.05, 3.63) is 59.7 Å². The first-order valence-corrected chi connectivity index (χ1v) is 6.22. The van der Waals surface area contributed by atoms with E-state index in [-0.39, 0.29) is 0 Å². The molecule has 0 aliphatic rings. The lowest BCUT2D eigenvalue weighted by molar-refractivity contribution is 0.469. The maximum absolute atomic E-state index is 9.11. The number of aromatic hydroxyl groups is 2. The average Bonchev–Trinajstić information content (AvgIpc) is 2.40. The van der Waals surface area contributed by atoms with Gasteiger partial charge in [0.2, 0.25) is 0 Å². The predicted molar refractivity (Wildman–Crippen MR) is 75.0 cm³/mol. The van der Waals surface area contributed by atoms with Gasteiger partial charge in [-0.2, -0.15) is 0 Å². The van der Waals surface area contributed by atoms with Crippen molar-refractivity contribution in [2.24, 2.45) is 0 Å². The Morgan fingerprint density at radius 3 is 2.00 bits per heavy atom. The van der Waals surface area contributed by atoms with Crippen LogP contribution in [0, 0.1) is 0 Å². The summed E-state index contributed by atoms with van der Waals surface area (Å²) >= 11 is 0.